The van der Waals surface area contributed by atoms with Crippen molar-refractivity contribution in [3.05, 3.63) is 47.1 Å². The maximum absolute atomic E-state index is 8.12. The minimum Gasteiger partial charge on any atom is -0.497 e. The summed E-state index contributed by atoms with van der Waals surface area (Å²) >= 11 is 7.86. The number of nitrogens with zero attached hydrogens (tertiary/aromatic N) is 3. The molecular weight excluding hydrogens is 474 g/mol. The summed E-state index contributed by atoms with van der Waals surface area (Å²) in [6.45, 7) is 3.41. The van der Waals surface area contributed by atoms with E-state index in [0.29, 0.717) is 33.5 Å². The van der Waals surface area contributed by atoms with E-state index in [2.05, 4.69) is 25.0 Å². The summed E-state index contributed by atoms with van der Waals surface area (Å²) in [5.41, 5.74) is 8.31. The van der Waals surface area contributed by atoms with Gasteiger partial charge < -0.3 is 30.7 Å². The summed E-state index contributed by atoms with van der Waals surface area (Å²) < 4.78 is 14.6. The van der Waals surface area contributed by atoms with Gasteiger partial charge in [0.25, 0.3) is 0 Å². The summed E-state index contributed by atoms with van der Waals surface area (Å²) in [6.07, 6.45) is 3.42. The average Bonchev–Trinajstić information content (AvgIpc) is 2.83. The smallest absolute Gasteiger partial charge is 0.228 e. The lowest BCUT2D eigenvalue weighted by atomic mass is 10.1. The molecular formula is C23H26ClN7O2S. The SMILES string of the molecule is COc1ccnc(SNc2ccc(-c3nc(N)c(C(C)=N)c(OC4CCNCC4)n3)cc2Cl)c1. The Morgan fingerprint density at radius 3 is 2.74 bits per heavy atom. The fourth-order valence-electron chi connectivity index (χ4n) is 3.51. The molecule has 0 bridgehead atoms. The largest absolute Gasteiger partial charge is 0.497 e. The van der Waals surface area contributed by atoms with E-state index >= 15 is 0 Å². The van der Waals surface area contributed by atoms with Crippen molar-refractivity contribution in [2.45, 2.75) is 30.9 Å². The number of benzene rings is 1. The Hall–Kier alpha value is -3.08. The molecule has 0 spiro atoms. The summed E-state index contributed by atoms with van der Waals surface area (Å²) in [6, 6.07) is 9.07. The predicted molar refractivity (Wildman–Crippen MR) is 136 cm³/mol. The lowest BCUT2D eigenvalue weighted by molar-refractivity contribution is 0.155. The predicted octanol–water partition coefficient (Wildman–Crippen LogP) is 4.42. The average molecular weight is 500 g/mol. The molecule has 0 unspecified atom stereocenters. The van der Waals surface area contributed by atoms with Crippen molar-refractivity contribution in [2.24, 2.45) is 0 Å². The van der Waals surface area contributed by atoms with Gasteiger partial charge in [-0.2, -0.15) is 4.98 Å². The number of nitrogens with one attached hydrogen (secondary N) is 3. The maximum atomic E-state index is 8.12. The zero-order chi connectivity index (χ0) is 24.1. The third-order valence-electron chi connectivity index (χ3n) is 5.28. The normalized spacial score (nSPS) is 14.0. The quantitative estimate of drug-likeness (QED) is 0.262. The first-order valence-electron chi connectivity index (χ1n) is 10.8. The fraction of sp³-hybridized carbons (Fsp3) is 0.304. The van der Waals surface area contributed by atoms with E-state index < -0.39 is 0 Å². The third kappa shape index (κ3) is 5.69. The molecule has 1 aliphatic rings. The van der Waals surface area contributed by atoms with Gasteiger partial charge in [0.15, 0.2) is 5.82 Å². The Balaban J connectivity index is 1.57. The van der Waals surface area contributed by atoms with Crippen LogP contribution in [0.3, 0.4) is 0 Å². The van der Waals surface area contributed by atoms with E-state index in [1.54, 1.807) is 32.4 Å². The van der Waals surface area contributed by atoms with Gasteiger partial charge >= 0.3 is 0 Å². The van der Waals surface area contributed by atoms with Gasteiger partial charge in [-0.3, -0.25) is 0 Å². The van der Waals surface area contributed by atoms with E-state index in [-0.39, 0.29) is 17.6 Å². The Morgan fingerprint density at radius 1 is 1.24 bits per heavy atom. The number of aromatic nitrogens is 3. The van der Waals surface area contributed by atoms with Crippen LogP contribution in [0.25, 0.3) is 11.4 Å². The second-order valence-electron chi connectivity index (χ2n) is 7.74. The van der Waals surface area contributed by atoms with Crippen LogP contribution in [-0.4, -0.2) is 47.0 Å². The number of piperidine rings is 1. The number of ether oxygens (including phenoxy) is 2. The number of anilines is 2. The zero-order valence-corrected chi connectivity index (χ0v) is 20.5. The van der Waals surface area contributed by atoms with Gasteiger partial charge in [0.05, 0.1) is 23.4 Å². The van der Waals surface area contributed by atoms with Crippen LogP contribution in [0.5, 0.6) is 11.6 Å². The number of nitrogen functional groups attached to an aromatic ring is 1. The molecule has 1 fully saturated rings. The van der Waals surface area contributed by atoms with Crippen molar-refractivity contribution in [1.29, 1.82) is 5.41 Å². The van der Waals surface area contributed by atoms with E-state index in [0.717, 1.165) is 36.7 Å². The summed E-state index contributed by atoms with van der Waals surface area (Å²) in [4.78, 5) is 13.3. The van der Waals surface area contributed by atoms with Gasteiger partial charge in [-0.15, -0.1) is 0 Å². The van der Waals surface area contributed by atoms with Crippen LogP contribution in [0.4, 0.5) is 11.5 Å². The minimum absolute atomic E-state index is 0.0129. The van der Waals surface area contributed by atoms with Crippen molar-refractivity contribution < 1.29 is 9.47 Å². The molecule has 11 heteroatoms. The molecule has 1 saturated heterocycles. The molecule has 9 nitrogen and oxygen atoms in total. The summed E-state index contributed by atoms with van der Waals surface area (Å²) in [5.74, 6) is 1.66. The highest BCUT2D eigenvalue weighted by molar-refractivity contribution is 8.00. The van der Waals surface area contributed by atoms with Gasteiger partial charge in [-0.1, -0.05) is 11.6 Å². The zero-order valence-electron chi connectivity index (χ0n) is 18.9. The van der Waals surface area contributed by atoms with Crippen molar-refractivity contribution >= 4 is 40.8 Å². The summed E-state index contributed by atoms with van der Waals surface area (Å²) in [5, 5.41) is 12.7. The first-order valence-corrected chi connectivity index (χ1v) is 12.0. The lowest BCUT2D eigenvalue weighted by Crippen LogP contribution is -2.34. The van der Waals surface area contributed by atoms with Gasteiger partial charge in [0, 0.05) is 35.5 Å². The molecule has 0 aliphatic carbocycles. The maximum Gasteiger partial charge on any atom is 0.228 e. The molecule has 178 valence electrons. The molecule has 5 N–H and O–H groups in total. The number of nitrogens with two attached hydrogens (primary N) is 1. The highest BCUT2D eigenvalue weighted by atomic mass is 35.5. The Labute approximate surface area is 207 Å². The number of hydrogen-bond donors (Lipinski definition) is 4. The second-order valence-corrected chi connectivity index (χ2v) is 8.97. The topological polar surface area (TPSA) is 131 Å². The van der Waals surface area contributed by atoms with Crippen LogP contribution in [0.1, 0.15) is 25.3 Å². The molecule has 4 rings (SSSR count). The fourth-order valence-corrected chi connectivity index (χ4v) is 4.48. The molecule has 1 aromatic carbocycles. The van der Waals surface area contributed by atoms with E-state index in [1.165, 1.54) is 11.9 Å². The van der Waals surface area contributed by atoms with Crippen LogP contribution >= 0.6 is 23.5 Å². The number of halogens is 1. The number of methoxy groups -OCH3 is 1. The molecule has 0 radical (unpaired) electrons. The van der Waals surface area contributed by atoms with Crippen molar-refractivity contribution in [1.82, 2.24) is 20.3 Å². The number of hydrogen-bond acceptors (Lipinski definition) is 10. The van der Waals surface area contributed by atoms with E-state index in [1.807, 2.05) is 18.2 Å². The molecule has 2 aromatic heterocycles. The monoisotopic (exact) mass is 499 g/mol. The molecule has 0 amide bonds. The van der Waals surface area contributed by atoms with Crippen LogP contribution in [0.2, 0.25) is 5.02 Å². The Morgan fingerprint density at radius 2 is 2.03 bits per heavy atom. The Bertz CT molecular complexity index is 1190. The minimum atomic E-state index is 0.0129. The highest BCUT2D eigenvalue weighted by Gasteiger charge is 2.22. The first kappa shape index (κ1) is 24.1. The van der Waals surface area contributed by atoms with E-state index in [9.17, 15) is 0 Å². The van der Waals surface area contributed by atoms with Gasteiger partial charge in [-0.05, 0) is 57.1 Å². The van der Waals surface area contributed by atoms with Gasteiger partial charge in [0.2, 0.25) is 5.88 Å². The highest BCUT2D eigenvalue weighted by Crippen LogP contribution is 2.33. The summed E-state index contributed by atoms with van der Waals surface area (Å²) in [7, 11) is 1.61. The molecule has 1 aliphatic heterocycles. The van der Waals surface area contributed by atoms with Crippen LogP contribution in [-0.2, 0) is 0 Å². The number of pyridine rings is 1. The first-order chi connectivity index (χ1) is 16.4. The molecule has 3 aromatic rings. The number of rotatable bonds is 8. The van der Waals surface area contributed by atoms with Crippen LogP contribution in [0.15, 0.2) is 41.6 Å². The van der Waals surface area contributed by atoms with Crippen molar-refractivity contribution in [3.63, 3.8) is 0 Å². The molecule has 0 saturated carbocycles. The lowest BCUT2D eigenvalue weighted by Gasteiger charge is -2.24. The second kappa shape index (κ2) is 10.9. The van der Waals surface area contributed by atoms with Crippen LogP contribution < -0.4 is 25.2 Å². The molecule has 0 atom stereocenters. The standard InChI is InChI=1S/C23H26ClN7O2S/c1-13(25)20-21(26)29-22(30-23(20)33-15-5-8-27-9-6-15)14-3-4-18(17(24)11-14)31-34-19-12-16(32-2)7-10-28-19/h3-4,7,10-12,15,25,27,31H,5-6,8-9H2,1-2H3,(H2,26,29,30). The van der Waals surface area contributed by atoms with Gasteiger partial charge in [0.1, 0.15) is 22.7 Å². The van der Waals surface area contributed by atoms with Crippen molar-refractivity contribution in [3.8, 4) is 23.0 Å². The molecule has 3 heterocycles. The van der Waals surface area contributed by atoms with Gasteiger partial charge in [-0.25, -0.2) is 9.97 Å². The van der Waals surface area contributed by atoms with Crippen LogP contribution in [0, 0.1) is 5.41 Å². The molecule has 34 heavy (non-hydrogen) atoms. The van der Waals surface area contributed by atoms with E-state index in [4.69, 9.17) is 32.2 Å². The third-order valence-corrected chi connectivity index (χ3v) is 6.35. The Kier molecular flexibility index (Phi) is 7.71. The van der Waals surface area contributed by atoms with Crippen molar-refractivity contribution in [2.75, 3.05) is 30.7 Å².